The lowest BCUT2D eigenvalue weighted by Gasteiger charge is -2.37. The van der Waals surface area contributed by atoms with Gasteiger partial charge >= 0.3 is 12.0 Å². The maximum absolute atomic E-state index is 11.9. The lowest BCUT2D eigenvalue weighted by Crippen LogP contribution is -2.51. The molecule has 2 aliphatic rings. The van der Waals surface area contributed by atoms with Gasteiger partial charge in [0.25, 0.3) is 0 Å². The number of rotatable bonds is 4. The minimum absolute atomic E-state index is 0.101. The number of hydrogen-bond donors (Lipinski definition) is 3. The highest BCUT2D eigenvalue weighted by Crippen LogP contribution is 2.40. The van der Waals surface area contributed by atoms with Crippen LogP contribution in [0.25, 0.3) is 0 Å². The highest BCUT2D eigenvalue weighted by Gasteiger charge is 2.44. The van der Waals surface area contributed by atoms with Crippen LogP contribution in [0, 0.1) is 5.41 Å². The number of hydrogen-bond acceptors (Lipinski definition) is 2. The van der Waals surface area contributed by atoms with Crippen LogP contribution in [0.15, 0.2) is 24.3 Å². The summed E-state index contributed by atoms with van der Waals surface area (Å²) in [6, 6.07) is 8.03. The number of amides is 2. The predicted octanol–water partition coefficient (Wildman–Crippen LogP) is 1.71. The summed E-state index contributed by atoms with van der Waals surface area (Å²) in [6.07, 6.45) is 3.91. The lowest BCUT2D eigenvalue weighted by atomic mass is 9.69. The zero-order chi connectivity index (χ0) is 14.9. The third-order valence-electron chi connectivity index (χ3n) is 4.74. The van der Waals surface area contributed by atoms with Gasteiger partial charge in [-0.05, 0) is 36.8 Å². The Morgan fingerprint density at radius 3 is 2.29 bits per heavy atom. The van der Waals surface area contributed by atoms with Gasteiger partial charge in [0.05, 0.1) is 5.41 Å². The van der Waals surface area contributed by atoms with E-state index in [1.165, 1.54) is 11.1 Å². The predicted molar refractivity (Wildman–Crippen MR) is 78.1 cm³/mol. The Bertz CT molecular complexity index is 541. The van der Waals surface area contributed by atoms with Crippen molar-refractivity contribution in [3.05, 3.63) is 35.4 Å². The van der Waals surface area contributed by atoms with Crippen molar-refractivity contribution in [1.82, 2.24) is 10.6 Å². The van der Waals surface area contributed by atoms with Gasteiger partial charge in [-0.3, -0.25) is 4.79 Å². The molecule has 0 bridgehead atoms. The highest BCUT2D eigenvalue weighted by molar-refractivity contribution is 5.79. The van der Waals surface area contributed by atoms with Crippen molar-refractivity contribution < 1.29 is 14.7 Å². The molecule has 0 aromatic heterocycles. The Morgan fingerprint density at radius 2 is 1.81 bits per heavy atom. The van der Waals surface area contributed by atoms with Crippen molar-refractivity contribution in [1.29, 1.82) is 0 Å². The van der Waals surface area contributed by atoms with Gasteiger partial charge in [-0.25, -0.2) is 4.79 Å². The van der Waals surface area contributed by atoms with Crippen molar-refractivity contribution in [2.75, 3.05) is 6.54 Å². The molecule has 0 radical (unpaired) electrons. The molecule has 3 N–H and O–H groups in total. The number of carboxylic acids is 1. The zero-order valence-electron chi connectivity index (χ0n) is 11.9. The summed E-state index contributed by atoms with van der Waals surface area (Å²) in [6.45, 7) is 0.216. The molecule has 0 aliphatic heterocycles. The maximum Gasteiger partial charge on any atom is 0.315 e. The molecule has 3 rings (SSSR count). The summed E-state index contributed by atoms with van der Waals surface area (Å²) >= 11 is 0. The smallest absolute Gasteiger partial charge is 0.315 e. The van der Waals surface area contributed by atoms with Crippen LogP contribution >= 0.6 is 0 Å². The molecule has 2 aliphatic carbocycles. The number of aliphatic carboxylic acids is 1. The molecule has 1 fully saturated rings. The van der Waals surface area contributed by atoms with E-state index in [1.54, 1.807) is 0 Å². The van der Waals surface area contributed by atoms with E-state index >= 15 is 0 Å². The minimum atomic E-state index is -0.803. The fraction of sp³-hybridized carbons (Fsp3) is 0.500. The molecular formula is C16H20N2O3. The first-order valence-electron chi connectivity index (χ1n) is 7.44. The Morgan fingerprint density at radius 1 is 1.19 bits per heavy atom. The molecule has 1 saturated carbocycles. The van der Waals surface area contributed by atoms with Gasteiger partial charge in [-0.15, -0.1) is 0 Å². The normalized spacial score (nSPS) is 19.4. The van der Waals surface area contributed by atoms with Crippen LogP contribution in [0.3, 0.4) is 0 Å². The molecule has 5 heteroatoms. The van der Waals surface area contributed by atoms with Gasteiger partial charge in [0.15, 0.2) is 0 Å². The highest BCUT2D eigenvalue weighted by atomic mass is 16.4. The van der Waals surface area contributed by atoms with E-state index in [4.69, 9.17) is 0 Å². The maximum atomic E-state index is 11.9. The molecule has 0 saturated heterocycles. The largest absolute Gasteiger partial charge is 0.481 e. The average Bonchev–Trinajstić information content (AvgIpc) is 2.78. The Hall–Kier alpha value is -2.04. The number of fused-ring (bicyclic) bond motifs is 1. The lowest BCUT2D eigenvalue weighted by molar-refractivity contribution is -0.153. The van der Waals surface area contributed by atoms with Gasteiger partial charge in [0.2, 0.25) is 0 Å². The van der Waals surface area contributed by atoms with E-state index in [0.717, 1.165) is 19.3 Å². The molecule has 2 amide bonds. The third kappa shape index (κ3) is 2.73. The zero-order valence-corrected chi connectivity index (χ0v) is 11.9. The van der Waals surface area contributed by atoms with Crippen molar-refractivity contribution >= 4 is 12.0 Å². The van der Waals surface area contributed by atoms with Crippen molar-refractivity contribution in [2.45, 2.75) is 38.1 Å². The minimum Gasteiger partial charge on any atom is -0.481 e. The molecule has 112 valence electrons. The summed E-state index contributed by atoms with van der Waals surface area (Å²) in [5, 5.41) is 14.9. The summed E-state index contributed by atoms with van der Waals surface area (Å²) < 4.78 is 0. The van der Waals surface area contributed by atoms with E-state index in [0.29, 0.717) is 12.8 Å². The van der Waals surface area contributed by atoms with E-state index in [2.05, 4.69) is 22.8 Å². The van der Waals surface area contributed by atoms with Gasteiger partial charge < -0.3 is 15.7 Å². The second-order valence-corrected chi connectivity index (χ2v) is 6.14. The summed E-state index contributed by atoms with van der Waals surface area (Å²) in [5.74, 6) is -0.803. The summed E-state index contributed by atoms with van der Waals surface area (Å²) in [4.78, 5) is 23.2. The van der Waals surface area contributed by atoms with Gasteiger partial charge in [0, 0.05) is 12.6 Å². The Balaban J connectivity index is 1.49. The van der Waals surface area contributed by atoms with Crippen molar-refractivity contribution in [2.24, 2.45) is 5.41 Å². The number of carbonyl (C=O) groups excluding carboxylic acids is 1. The van der Waals surface area contributed by atoms with Crippen LogP contribution < -0.4 is 10.6 Å². The fourth-order valence-corrected chi connectivity index (χ4v) is 3.22. The number of benzene rings is 1. The molecule has 0 unspecified atom stereocenters. The number of nitrogens with one attached hydrogen (secondary N) is 2. The molecule has 1 aromatic carbocycles. The molecule has 5 nitrogen and oxygen atoms in total. The van der Waals surface area contributed by atoms with Gasteiger partial charge in [-0.1, -0.05) is 30.7 Å². The molecule has 1 aromatic rings. The van der Waals surface area contributed by atoms with E-state index in [9.17, 15) is 14.7 Å². The van der Waals surface area contributed by atoms with Crippen molar-refractivity contribution in [3.63, 3.8) is 0 Å². The van der Waals surface area contributed by atoms with Gasteiger partial charge in [-0.2, -0.15) is 0 Å². The second kappa shape index (κ2) is 5.39. The van der Waals surface area contributed by atoms with Crippen LogP contribution in [0.1, 0.15) is 30.4 Å². The topological polar surface area (TPSA) is 78.4 Å². The second-order valence-electron chi connectivity index (χ2n) is 6.14. The quantitative estimate of drug-likeness (QED) is 0.789. The van der Waals surface area contributed by atoms with Crippen LogP contribution in [-0.4, -0.2) is 29.7 Å². The molecule has 0 heterocycles. The van der Waals surface area contributed by atoms with Crippen molar-refractivity contribution in [3.8, 4) is 0 Å². The first-order valence-corrected chi connectivity index (χ1v) is 7.44. The molecule has 21 heavy (non-hydrogen) atoms. The number of urea groups is 1. The molecular weight excluding hydrogens is 268 g/mol. The average molecular weight is 288 g/mol. The van der Waals surface area contributed by atoms with Crippen LogP contribution in [-0.2, 0) is 17.6 Å². The summed E-state index contributed by atoms with van der Waals surface area (Å²) in [5.41, 5.74) is 1.82. The number of carbonyl (C=O) groups is 2. The van der Waals surface area contributed by atoms with E-state index < -0.39 is 11.4 Å². The van der Waals surface area contributed by atoms with Crippen LogP contribution in [0.2, 0.25) is 0 Å². The Labute approximate surface area is 123 Å². The van der Waals surface area contributed by atoms with Gasteiger partial charge in [0.1, 0.15) is 0 Å². The fourth-order valence-electron chi connectivity index (χ4n) is 3.22. The van der Waals surface area contributed by atoms with Crippen LogP contribution in [0.4, 0.5) is 4.79 Å². The number of carboxylic acid groups (broad SMARTS) is 1. The monoisotopic (exact) mass is 288 g/mol. The first-order chi connectivity index (χ1) is 10.1. The van der Waals surface area contributed by atoms with Crippen LogP contribution in [0.5, 0.6) is 0 Å². The Kier molecular flexibility index (Phi) is 3.57. The summed E-state index contributed by atoms with van der Waals surface area (Å²) in [7, 11) is 0. The molecule has 0 atom stereocenters. The standard InChI is InChI=1S/C16H20N2O3/c19-14(20)16(6-3-7-16)10-17-15(21)18-13-8-11-4-1-2-5-12(11)9-13/h1-2,4-5,13H,3,6-10H2,(H,19,20)(H2,17,18,21). The van der Waals surface area contributed by atoms with E-state index in [-0.39, 0.29) is 18.6 Å². The molecule has 0 spiro atoms. The third-order valence-corrected chi connectivity index (χ3v) is 4.74. The first kappa shape index (κ1) is 13.9. The SMILES string of the molecule is O=C(NCC1(C(=O)O)CCC1)NC1Cc2ccccc2C1. The van der Waals surface area contributed by atoms with E-state index in [1.807, 2.05) is 12.1 Å².